The molecule has 3 heterocycles. The highest BCUT2D eigenvalue weighted by Crippen LogP contribution is 2.37. The highest BCUT2D eigenvalue weighted by Gasteiger charge is 2.38. The minimum absolute atomic E-state index is 0.534. The van der Waals surface area contributed by atoms with Crippen molar-refractivity contribution in [3.05, 3.63) is 0 Å². The number of hydrogen-bond acceptors (Lipinski definition) is 3. The highest BCUT2D eigenvalue weighted by atomic mass is 32.2. The summed E-state index contributed by atoms with van der Waals surface area (Å²) in [5.74, 6) is 1.37. The first-order chi connectivity index (χ1) is 7.77. The molecule has 3 rings (SSSR count). The van der Waals surface area contributed by atoms with Gasteiger partial charge in [0.2, 0.25) is 0 Å². The maximum atomic E-state index is 3.87. The summed E-state index contributed by atoms with van der Waals surface area (Å²) < 4.78 is 0.534. The SMILES string of the molecule is CC1(CNC2CCN3CCCC23)CCCS1. The molecule has 0 aromatic rings. The summed E-state index contributed by atoms with van der Waals surface area (Å²) in [6.45, 7) is 6.37. The van der Waals surface area contributed by atoms with Crippen LogP contribution < -0.4 is 5.32 Å². The van der Waals surface area contributed by atoms with Gasteiger partial charge < -0.3 is 5.32 Å². The maximum Gasteiger partial charge on any atom is 0.0256 e. The zero-order chi connectivity index (χ0) is 11.0. The van der Waals surface area contributed by atoms with E-state index in [9.17, 15) is 0 Å². The van der Waals surface area contributed by atoms with Crippen molar-refractivity contribution in [1.82, 2.24) is 10.2 Å². The molecule has 3 heteroatoms. The standard InChI is InChI=1S/C13H24N2S/c1-13(6-3-9-16-13)10-14-11-5-8-15-7-2-4-12(11)15/h11-12,14H,2-10H2,1H3. The Morgan fingerprint density at radius 2 is 2.25 bits per heavy atom. The van der Waals surface area contributed by atoms with Crippen LogP contribution in [0.3, 0.4) is 0 Å². The first kappa shape index (κ1) is 11.4. The molecule has 3 saturated heterocycles. The number of fused-ring (bicyclic) bond motifs is 1. The molecular weight excluding hydrogens is 216 g/mol. The second-order valence-electron chi connectivity index (χ2n) is 5.92. The Labute approximate surface area is 104 Å². The normalized spacial score (nSPS) is 44.1. The molecule has 3 fully saturated rings. The van der Waals surface area contributed by atoms with Crippen molar-refractivity contribution in [3.63, 3.8) is 0 Å². The quantitative estimate of drug-likeness (QED) is 0.813. The van der Waals surface area contributed by atoms with E-state index in [4.69, 9.17) is 0 Å². The van der Waals surface area contributed by atoms with E-state index < -0.39 is 0 Å². The van der Waals surface area contributed by atoms with Gasteiger partial charge in [-0.15, -0.1) is 0 Å². The molecule has 16 heavy (non-hydrogen) atoms. The molecule has 2 nitrogen and oxygen atoms in total. The van der Waals surface area contributed by atoms with Crippen LogP contribution in [0.2, 0.25) is 0 Å². The van der Waals surface area contributed by atoms with Crippen molar-refractivity contribution in [1.29, 1.82) is 0 Å². The van der Waals surface area contributed by atoms with Crippen molar-refractivity contribution in [2.45, 2.75) is 55.9 Å². The lowest BCUT2D eigenvalue weighted by Crippen LogP contribution is -2.44. The smallest absolute Gasteiger partial charge is 0.0256 e. The summed E-state index contributed by atoms with van der Waals surface area (Å²) in [5, 5.41) is 3.87. The van der Waals surface area contributed by atoms with E-state index in [1.807, 2.05) is 0 Å². The Bertz CT molecular complexity index is 250. The zero-order valence-electron chi connectivity index (χ0n) is 10.4. The van der Waals surface area contributed by atoms with Gasteiger partial charge in [0.25, 0.3) is 0 Å². The number of thioether (sulfide) groups is 1. The van der Waals surface area contributed by atoms with Crippen molar-refractivity contribution in [2.75, 3.05) is 25.4 Å². The van der Waals surface area contributed by atoms with Gasteiger partial charge >= 0.3 is 0 Å². The van der Waals surface area contributed by atoms with Gasteiger partial charge in [0.05, 0.1) is 0 Å². The van der Waals surface area contributed by atoms with Crippen molar-refractivity contribution < 1.29 is 0 Å². The van der Waals surface area contributed by atoms with Crippen LogP contribution in [0, 0.1) is 0 Å². The van der Waals surface area contributed by atoms with Gasteiger partial charge in [-0.2, -0.15) is 11.8 Å². The van der Waals surface area contributed by atoms with Gasteiger partial charge in [0.15, 0.2) is 0 Å². The molecule has 0 radical (unpaired) electrons. The molecule has 1 N–H and O–H groups in total. The third kappa shape index (κ3) is 2.14. The lowest BCUT2D eigenvalue weighted by atomic mass is 10.0. The zero-order valence-corrected chi connectivity index (χ0v) is 11.2. The molecule has 0 aliphatic carbocycles. The number of rotatable bonds is 3. The average molecular weight is 240 g/mol. The molecule has 0 aromatic carbocycles. The fourth-order valence-corrected chi connectivity index (χ4v) is 4.90. The highest BCUT2D eigenvalue weighted by molar-refractivity contribution is 8.00. The summed E-state index contributed by atoms with van der Waals surface area (Å²) >= 11 is 2.18. The van der Waals surface area contributed by atoms with Crippen molar-refractivity contribution in [3.8, 4) is 0 Å². The number of nitrogens with one attached hydrogen (secondary N) is 1. The number of nitrogens with zero attached hydrogens (tertiary/aromatic N) is 1. The van der Waals surface area contributed by atoms with E-state index in [1.165, 1.54) is 57.5 Å². The Kier molecular flexibility index (Phi) is 3.20. The minimum atomic E-state index is 0.534. The van der Waals surface area contributed by atoms with Gasteiger partial charge in [0, 0.05) is 29.9 Å². The van der Waals surface area contributed by atoms with Gasteiger partial charge in [0.1, 0.15) is 0 Å². The molecule has 0 amide bonds. The molecule has 3 atom stereocenters. The van der Waals surface area contributed by atoms with Crippen LogP contribution in [0.4, 0.5) is 0 Å². The fraction of sp³-hybridized carbons (Fsp3) is 1.00. The third-order valence-electron chi connectivity index (χ3n) is 4.64. The molecule has 3 unspecified atom stereocenters. The third-order valence-corrected chi connectivity index (χ3v) is 6.18. The summed E-state index contributed by atoms with van der Waals surface area (Å²) in [7, 11) is 0. The topological polar surface area (TPSA) is 15.3 Å². The molecular formula is C13H24N2S. The van der Waals surface area contributed by atoms with Crippen LogP contribution in [0.25, 0.3) is 0 Å². The largest absolute Gasteiger partial charge is 0.311 e. The van der Waals surface area contributed by atoms with Crippen LogP contribution in [0.15, 0.2) is 0 Å². The molecule has 0 saturated carbocycles. The maximum absolute atomic E-state index is 3.87. The van der Waals surface area contributed by atoms with E-state index in [1.54, 1.807) is 0 Å². The van der Waals surface area contributed by atoms with Crippen LogP contribution in [0.5, 0.6) is 0 Å². The lowest BCUT2D eigenvalue weighted by molar-refractivity contribution is 0.296. The summed E-state index contributed by atoms with van der Waals surface area (Å²) in [6, 6.07) is 1.66. The predicted octanol–water partition coefficient (Wildman–Crippen LogP) is 2.10. The monoisotopic (exact) mass is 240 g/mol. The summed E-state index contributed by atoms with van der Waals surface area (Å²) in [6.07, 6.45) is 7.07. The Morgan fingerprint density at radius 1 is 1.31 bits per heavy atom. The van der Waals surface area contributed by atoms with Crippen LogP contribution in [-0.4, -0.2) is 47.1 Å². The summed E-state index contributed by atoms with van der Waals surface area (Å²) in [4.78, 5) is 2.70. The van der Waals surface area contributed by atoms with E-state index in [0.717, 1.165) is 12.1 Å². The Balaban J connectivity index is 1.51. The van der Waals surface area contributed by atoms with Gasteiger partial charge in [-0.3, -0.25) is 4.90 Å². The lowest BCUT2D eigenvalue weighted by Gasteiger charge is -2.28. The fourth-order valence-electron chi connectivity index (χ4n) is 3.64. The molecule has 3 aliphatic rings. The van der Waals surface area contributed by atoms with Crippen molar-refractivity contribution in [2.24, 2.45) is 0 Å². The van der Waals surface area contributed by atoms with Crippen LogP contribution >= 0.6 is 11.8 Å². The Morgan fingerprint density at radius 3 is 3.06 bits per heavy atom. The van der Waals surface area contributed by atoms with Crippen LogP contribution in [-0.2, 0) is 0 Å². The molecule has 0 spiro atoms. The summed E-state index contributed by atoms with van der Waals surface area (Å²) in [5.41, 5.74) is 0. The van der Waals surface area contributed by atoms with E-state index in [2.05, 4.69) is 28.9 Å². The van der Waals surface area contributed by atoms with Gasteiger partial charge in [-0.1, -0.05) is 0 Å². The number of hydrogen-bond donors (Lipinski definition) is 1. The average Bonchev–Trinajstić information content (AvgIpc) is 2.91. The molecule has 0 aromatic heterocycles. The van der Waals surface area contributed by atoms with Gasteiger partial charge in [-0.25, -0.2) is 0 Å². The van der Waals surface area contributed by atoms with E-state index >= 15 is 0 Å². The van der Waals surface area contributed by atoms with E-state index in [-0.39, 0.29) is 0 Å². The molecule has 92 valence electrons. The molecule has 3 aliphatic heterocycles. The Hall–Kier alpha value is 0.270. The first-order valence-corrected chi connectivity index (χ1v) is 7.87. The van der Waals surface area contributed by atoms with Crippen LogP contribution in [0.1, 0.15) is 39.0 Å². The minimum Gasteiger partial charge on any atom is -0.311 e. The molecule has 0 bridgehead atoms. The van der Waals surface area contributed by atoms with Crippen molar-refractivity contribution >= 4 is 11.8 Å². The van der Waals surface area contributed by atoms with Gasteiger partial charge in [-0.05, 0) is 51.3 Å². The predicted molar refractivity (Wildman–Crippen MR) is 71.1 cm³/mol. The van der Waals surface area contributed by atoms with E-state index in [0.29, 0.717) is 4.75 Å². The second kappa shape index (κ2) is 4.51. The second-order valence-corrected chi connectivity index (χ2v) is 7.61. The first-order valence-electron chi connectivity index (χ1n) is 6.88.